The van der Waals surface area contributed by atoms with Gasteiger partial charge in [0.1, 0.15) is 5.92 Å². The molecule has 162 valence electrons. The van der Waals surface area contributed by atoms with Gasteiger partial charge in [-0.1, -0.05) is 78.1 Å². The van der Waals surface area contributed by atoms with Gasteiger partial charge in [0, 0.05) is 26.2 Å². The highest BCUT2D eigenvalue weighted by atomic mass is 16.2. The Hall–Kier alpha value is -1.06. The SMILES string of the molecule is CCCCCCCCN1CCC2CCN(CCCCCCCC)C(=O)C2C1=O. The van der Waals surface area contributed by atoms with Crippen LogP contribution >= 0.6 is 0 Å². The van der Waals surface area contributed by atoms with E-state index in [9.17, 15) is 9.59 Å². The minimum atomic E-state index is -0.373. The molecule has 0 unspecified atom stereocenters. The van der Waals surface area contributed by atoms with E-state index < -0.39 is 0 Å². The fraction of sp³-hybridized carbons (Fsp3) is 0.917. The van der Waals surface area contributed by atoms with Gasteiger partial charge < -0.3 is 9.80 Å². The lowest BCUT2D eigenvalue weighted by Crippen LogP contribution is -2.56. The number of hydrogen-bond donors (Lipinski definition) is 0. The van der Waals surface area contributed by atoms with Crippen LogP contribution in [-0.2, 0) is 9.59 Å². The summed E-state index contributed by atoms with van der Waals surface area (Å²) in [5, 5.41) is 0. The van der Waals surface area contributed by atoms with Gasteiger partial charge >= 0.3 is 0 Å². The quantitative estimate of drug-likeness (QED) is 0.293. The fourth-order valence-electron chi connectivity index (χ4n) is 4.85. The van der Waals surface area contributed by atoms with Gasteiger partial charge in [-0.2, -0.15) is 0 Å². The minimum absolute atomic E-state index is 0.127. The summed E-state index contributed by atoms with van der Waals surface area (Å²) >= 11 is 0. The number of piperidine rings is 2. The van der Waals surface area contributed by atoms with Crippen LogP contribution < -0.4 is 0 Å². The summed E-state index contributed by atoms with van der Waals surface area (Å²) in [7, 11) is 0. The van der Waals surface area contributed by atoms with Crippen molar-refractivity contribution >= 4 is 11.8 Å². The van der Waals surface area contributed by atoms with Crippen molar-refractivity contribution in [2.75, 3.05) is 26.2 Å². The molecule has 0 aromatic heterocycles. The van der Waals surface area contributed by atoms with E-state index in [0.717, 1.165) is 51.9 Å². The van der Waals surface area contributed by atoms with Crippen molar-refractivity contribution < 1.29 is 9.59 Å². The summed E-state index contributed by atoms with van der Waals surface area (Å²) < 4.78 is 0. The van der Waals surface area contributed by atoms with Gasteiger partial charge in [-0.15, -0.1) is 0 Å². The van der Waals surface area contributed by atoms with E-state index >= 15 is 0 Å². The van der Waals surface area contributed by atoms with E-state index in [1.807, 2.05) is 9.80 Å². The van der Waals surface area contributed by atoms with Gasteiger partial charge in [0.25, 0.3) is 0 Å². The summed E-state index contributed by atoms with van der Waals surface area (Å²) in [6, 6.07) is 0. The second kappa shape index (κ2) is 13.2. The lowest BCUT2D eigenvalue weighted by molar-refractivity contribution is -0.157. The van der Waals surface area contributed by atoms with Crippen LogP contribution in [0, 0.1) is 11.8 Å². The number of carbonyl (C=O) groups excluding carboxylic acids is 2. The van der Waals surface area contributed by atoms with Crippen molar-refractivity contribution in [2.24, 2.45) is 11.8 Å². The summed E-state index contributed by atoms with van der Waals surface area (Å²) in [6.45, 7) is 7.89. The predicted molar refractivity (Wildman–Crippen MR) is 116 cm³/mol. The highest BCUT2D eigenvalue weighted by Gasteiger charge is 2.45. The Kier molecular flexibility index (Phi) is 11.0. The first-order valence-corrected chi connectivity index (χ1v) is 12.3. The van der Waals surface area contributed by atoms with Gasteiger partial charge in [-0.25, -0.2) is 0 Å². The maximum Gasteiger partial charge on any atom is 0.235 e. The number of carbonyl (C=O) groups is 2. The number of fused-ring (bicyclic) bond motifs is 1. The number of unbranched alkanes of at least 4 members (excludes halogenated alkanes) is 10. The molecule has 0 bridgehead atoms. The van der Waals surface area contributed by atoms with Crippen molar-refractivity contribution in [1.82, 2.24) is 9.80 Å². The van der Waals surface area contributed by atoms with Crippen molar-refractivity contribution in [3.05, 3.63) is 0 Å². The molecule has 0 spiro atoms. The zero-order valence-electron chi connectivity index (χ0n) is 18.6. The second-order valence-corrected chi connectivity index (χ2v) is 9.00. The van der Waals surface area contributed by atoms with Crippen molar-refractivity contribution in [3.63, 3.8) is 0 Å². The van der Waals surface area contributed by atoms with Crippen LogP contribution in [-0.4, -0.2) is 47.8 Å². The highest BCUT2D eigenvalue weighted by molar-refractivity contribution is 6.01. The molecular weight excluding hydrogens is 348 g/mol. The molecule has 0 aromatic carbocycles. The minimum Gasteiger partial charge on any atom is -0.342 e. The lowest BCUT2D eigenvalue weighted by atomic mass is 9.78. The number of nitrogens with zero attached hydrogens (tertiary/aromatic N) is 2. The third-order valence-corrected chi connectivity index (χ3v) is 6.73. The maximum absolute atomic E-state index is 13.0. The van der Waals surface area contributed by atoms with Crippen LogP contribution in [0.1, 0.15) is 104 Å². The molecule has 0 N–H and O–H groups in total. The summed E-state index contributed by atoms with van der Waals surface area (Å²) in [6.07, 6.45) is 16.9. The molecule has 0 radical (unpaired) electrons. The van der Waals surface area contributed by atoms with Gasteiger partial charge in [0.2, 0.25) is 11.8 Å². The molecule has 2 heterocycles. The average Bonchev–Trinajstić information content (AvgIpc) is 2.70. The number of amides is 2. The lowest BCUT2D eigenvalue weighted by Gasteiger charge is -2.43. The normalized spacial score (nSPS) is 22.6. The van der Waals surface area contributed by atoms with Gasteiger partial charge in [0.05, 0.1) is 0 Å². The molecule has 4 nitrogen and oxygen atoms in total. The van der Waals surface area contributed by atoms with Crippen LogP contribution in [0.3, 0.4) is 0 Å². The standard InChI is InChI=1S/C24H44N2O2/c1-3-5-7-9-11-13-17-25-19-15-21-16-20-26(24(28)22(21)23(25)27)18-14-12-10-8-6-4-2/h21-22H,3-20H2,1-2H3. The molecule has 2 aliphatic rings. The molecule has 2 fully saturated rings. The Morgan fingerprint density at radius 3 is 1.46 bits per heavy atom. The number of hydrogen-bond acceptors (Lipinski definition) is 2. The highest BCUT2D eigenvalue weighted by Crippen LogP contribution is 2.33. The number of rotatable bonds is 14. The first kappa shape index (κ1) is 23.2. The molecule has 0 atom stereocenters. The van der Waals surface area contributed by atoms with Crippen LogP contribution in [0.4, 0.5) is 0 Å². The van der Waals surface area contributed by atoms with Crippen LogP contribution in [0.15, 0.2) is 0 Å². The zero-order valence-corrected chi connectivity index (χ0v) is 18.6. The van der Waals surface area contributed by atoms with Gasteiger partial charge in [0.15, 0.2) is 0 Å². The van der Waals surface area contributed by atoms with Gasteiger partial charge in [-0.3, -0.25) is 9.59 Å². The topological polar surface area (TPSA) is 40.6 Å². The first-order valence-electron chi connectivity index (χ1n) is 12.3. The molecule has 0 aromatic rings. The summed E-state index contributed by atoms with van der Waals surface area (Å²) in [5.41, 5.74) is 0. The average molecular weight is 393 g/mol. The second-order valence-electron chi connectivity index (χ2n) is 9.00. The van der Waals surface area contributed by atoms with Crippen molar-refractivity contribution in [1.29, 1.82) is 0 Å². The molecular formula is C24H44N2O2. The van der Waals surface area contributed by atoms with E-state index in [4.69, 9.17) is 0 Å². The predicted octanol–water partition coefficient (Wildman–Crippen LogP) is 5.40. The molecule has 2 rings (SSSR count). The van der Waals surface area contributed by atoms with Crippen molar-refractivity contribution in [3.8, 4) is 0 Å². The van der Waals surface area contributed by atoms with Crippen LogP contribution in [0.25, 0.3) is 0 Å². The molecule has 28 heavy (non-hydrogen) atoms. The first-order chi connectivity index (χ1) is 13.7. The molecule has 0 aliphatic carbocycles. The Morgan fingerprint density at radius 2 is 1.04 bits per heavy atom. The Morgan fingerprint density at radius 1 is 0.643 bits per heavy atom. The number of likely N-dealkylation sites (tertiary alicyclic amines) is 2. The molecule has 4 heteroatoms. The van der Waals surface area contributed by atoms with Gasteiger partial charge in [-0.05, 0) is 31.6 Å². The third-order valence-electron chi connectivity index (χ3n) is 6.73. The smallest absolute Gasteiger partial charge is 0.235 e. The van der Waals surface area contributed by atoms with Crippen LogP contribution in [0.5, 0.6) is 0 Å². The Labute approximate surface area is 173 Å². The summed E-state index contributed by atoms with van der Waals surface area (Å²) in [4.78, 5) is 30.0. The van der Waals surface area contributed by atoms with Crippen LogP contribution in [0.2, 0.25) is 0 Å². The Balaban J connectivity index is 1.73. The van der Waals surface area contributed by atoms with E-state index in [1.165, 1.54) is 64.2 Å². The van der Waals surface area contributed by atoms with E-state index in [2.05, 4.69) is 13.8 Å². The van der Waals surface area contributed by atoms with E-state index in [-0.39, 0.29) is 17.7 Å². The fourth-order valence-corrected chi connectivity index (χ4v) is 4.85. The molecule has 2 saturated heterocycles. The van der Waals surface area contributed by atoms with E-state index in [1.54, 1.807) is 0 Å². The Bertz CT molecular complexity index is 426. The molecule has 0 saturated carbocycles. The van der Waals surface area contributed by atoms with Crippen molar-refractivity contribution in [2.45, 2.75) is 104 Å². The third kappa shape index (κ3) is 7.08. The van der Waals surface area contributed by atoms with E-state index in [0.29, 0.717) is 5.92 Å². The molecule has 2 aliphatic heterocycles. The largest absolute Gasteiger partial charge is 0.342 e. The molecule has 2 amide bonds. The zero-order chi connectivity index (χ0) is 20.2. The monoisotopic (exact) mass is 392 g/mol. The maximum atomic E-state index is 13.0. The summed E-state index contributed by atoms with van der Waals surface area (Å²) in [5.74, 6) is 0.175.